The van der Waals surface area contributed by atoms with E-state index >= 15 is 0 Å². The van der Waals surface area contributed by atoms with Crippen LogP contribution in [0.5, 0.6) is 0 Å². The molecule has 0 saturated heterocycles. The van der Waals surface area contributed by atoms with E-state index in [0.717, 1.165) is 5.56 Å². The molecule has 1 heterocycles. The number of carbonyl (C=O) groups is 1. The number of nitrogens with zero attached hydrogens (tertiary/aromatic N) is 2. The maximum Gasteiger partial charge on any atom is 0.358 e. The molecular weight excluding hydrogens is 144 g/mol. The van der Waals surface area contributed by atoms with Crippen LogP contribution in [0.25, 0.3) is 0 Å². The van der Waals surface area contributed by atoms with Crippen molar-refractivity contribution in [3.63, 3.8) is 0 Å². The zero-order chi connectivity index (χ0) is 8.27. The summed E-state index contributed by atoms with van der Waals surface area (Å²) in [6.07, 6.45) is 1.53. The summed E-state index contributed by atoms with van der Waals surface area (Å²) in [6.45, 7) is 1.78. The van der Waals surface area contributed by atoms with Crippen molar-refractivity contribution in [1.29, 1.82) is 0 Å². The highest BCUT2D eigenvalue weighted by atomic mass is 16.5. The van der Waals surface area contributed by atoms with Gasteiger partial charge < -0.3 is 4.74 Å². The van der Waals surface area contributed by atoms with E-state index in [0.29, 0.717) is 0 Å². The van der Waals surface area contributed by atoms with Gasteiger partial charge in [0.1, 0.15) is 0 Å². The number of ether oxygens (including phenoxy) is 1. The largest absolute Gasteiger partial charge is 0.464 e. The highest BCUT2D eigenvalue weighted by molar-refractivity contribution is 5.88. The molecule has 0 atom stereocenters. The molecule has 0 bridgehead atoms. The van der Waals surface area contributed by atoms with Crippen molar-refractivity contribution in [2.24, 2.45) is 0 Å². The lowest BCUT2D eigenvalue weighted by molar-refractivity contribution is 0.0591. The number of carbonyl (C=O) groups excluding carboxylic acids is 1. The Morgan fingerprint density at radius 2 is 2.36 bits per heavy atom. The van der Waals surface area contributed by atoms with Crippen LogP contribution in [0.1, 0.15) is 16.1 Å². The van der Waals surface area contributed by atoms with Crippen LogP contribution in [0, 0.1) is 6.92 Å². The Morgan fingerprint density at radius 3 is 2.91 bits per heavy atom. The second-order valence-corrected chi connectivity index (χ2v) is 2.05. The van der Waals surface area contributed by atoms with E-state index in [4.69, 9.17) is 0 Å². The molecule has 4 heteroatoms. The molecule has 0 amide bonds. The number of esters is 1. The fourth-order valence-corrected chi connectivity index (χ4v) is 0.692. The van der Waals surface area contributed by atoms with Crippen LogP contribution >= 0.6 is 0 Å². The van der Waals surface area contributed by atoms with E-state index in [-0.39, 0.29) is 5.69 Å². The third kappa shape index (κ3) is 1.52. The maximum atomic E-state index is 10.9. The lowest BCUT2D eigenvalue weighted by Gasteiger charge is -1.98. The van der Waals surface area contributed by atoms with Crippen LogP contribution in [0.2, 0.25) is 0 Å². The van der Waals surface area contributed by atoms with Crippen LogP contribution in [0.15, 0.2) is 12.3 Å². The molecule has 0 aromatic carbocycles. The number of hydrogen-bond acceptors (Lipinski definition) is 4. The predicted octanol–water partition coefficient (Wildman–Crippen LogP) is 0.572. The van der Waals surface area contributed by atoms with Crippen molar-refractivity contribution in [3.8, 4) is 0 Å². The molecule has 11 heavy (non-hydrogen) atoms. The number of rotatable bonds is 1. The van der Waals surface area contributed by atoms with Gasteiger partial charge in [0, 0.05) is 6.20 Å². The molecule has 1 aromatic heterocycles. The van der Waals surface area contributed by atoms with Crippen molar-refractivity contribution >= 4 is 5.97 Å². The van der Waals surface area contributed by atoms with Gasteiger partial charge in [-0.3, -0.25) is 0 Å². The second kappa shape index (κ2) is 3.09. The first-order valence-corrected chi connectivity index (χ1v) is 3.12. The first-order valence-electron chi connectivity index (χ1n) is 3.12. The van der Waals surface area contributed by atoms with Gasteiger partial charge in [0.15, 0.2) is 5.69 Å². The van der Waals surface area contributed by atoms with Gasteiger partial charge in [-0.05, 0) is 18.6 Å². The first kappa shape index (κ1) is 7.65. The van der Waals surface area contributed by atoms with Gasteiger partial charge in [-0.1, -0.05) is 0 Å². The second-order valence-electron chi connectivity index (χ2n) is 2.05. The topological polar surface area (TPSA) is 52.1 Å². The molecule has 1 aromatic rings. The third-order valence-corrected chi connectivity index (χ3v) is 1.30. The molecule has 4 nitrogen and oxygen atoms in total. The zero-order valence-corrected chi connectivity index (χ0v) is 6.37. The molecule has 0 N–H and O–H groups in total. The third-order valence-electron chi connectivity index (χ3n) is 1.30. The van der Waals surface area contributed by atoms with Crippen LogP contribution in [0.4, 0.5) is 0 Å². The van der Waals surface area contributed by atoms with E-state index in [9.17, 15) is 4.79 Å². The lowest BCUT2D eigenvalue weighted by atomic mass is 10.2. The number of aromatic nitrogens is 2. The summed E-state index contributed by atoms with van der Waals surface area (Å²) < 4.78 is 4.48. The van der Waals surface area contributed by atoms with Gasteiger partial charge >= 0.3 is 5.97 Å². The minimum absolute atomic E-state index is 0.273. The summed E-state index contributed by atoms with van der Waals surface area (Å²) >= 11 is 0. The first-order chi connectivity index (χ1) is 5.25. The smallest absolute Gasteiger partial charge is 0.358 e. The van der Waals surface area contributed by atoms with Crippen LogP contribution in [-0.2, 0) is 4.74 Å². The lowest BCUT2D eigenvalue weighted by Crippen LogP contribution is -2.07. The minimum atomic E-state index is -0.449. The molecule has 0 radical (unpaired) electrons. The molecule has 58 valence electrons. The summed E-state index contributed by atoms with van der Waals surface area (Å²) in [5.74, 6) is -0.449. The van der Waals surface area contributed by atoms with E-state index in [1.54, 1.807) is 13.0 Å². The van der Waals surface area contributed by atoms with Gasteiger partial charge in [0.05, 0.1) is 7.11 Å². The van der Waals surface area contributed by atoms with Gasteiger partial charge in [-0.2, -0.15) is 5.10 Å². The van der Waals surface area contributed by atoms with Gasteiger partial charge in [-0.25, -0.2) is 4.79 Å². The van der Waals surface area contributed by atoms with Gasteiger partial charge in [0.2, 0.25) is 0 Å². The van der Waals surface area contributed by atoms with E-state index in [1.165, 1.54) is 13.3 Å². The average molecular weight is 152 g/mol. The summed E-state index contributed by atoms with van der Waals surface area (Å²) in [7, 11) is 1.32. The standard InChI is InChI=1S/C7H8N2O2/c1-5-3-4-8-9-6(5)7(10)11-2/h3-4H,1-2H3. The monoisotopic (exact) mass is 152 g/mol. The Bertz CT molecular complexity index is 273. The molecule has 0 fully saturated rings. The molecule has 0 unspecified atom stereocenters. The van der Waals surface area contributed by atoms with Crippen molar-refractivity contribution in [2.45, 2.75) is 6.92 Å². The van der Waals surface area contributed by atoms with E-state index < -0.39 is 5.97 Å². The summed E-state index contributed by atoms with van der Waals surface area (Å²) in [6, 6.07) is 1.71. The summed E-state index contributed by atoms with van der Waals surface area (Å²) in [4.78, 5) is 10.9. The molecule has 0 aliphatic heterocycles. The molecule has 0 aliphatic rings. The van der Waals surface area contributed by atoms with Crippen molar-refractivity contribution in [3.05, 3.63) is 23.5 Å². The number of hydrogen-bond donors (Lipinski definition) is 0. The highest BCUT2D eigenvalue weighted by Crippen LogP contribution is 2.01. The predicted molar refractivity (Wildman–Crippen MR) is 38.1 cm³/mol. The zero-order valence-electron chi connectivity index (χ0n) is 6.37. The summed E-state index contributed by atoms with van der Waals surface area (Å²) in [5.41, 5.74) is 1.04. The SMILES string of the molecule is COC(=O)c1nnccc1C. The van der Waals surface area contributed by atoms with Crippen molar-refractivity contribution < 1.29 is 9.53 Å². The van der Waals surface area contributed by atoms with Gasteiger partial charge in [-0.15, -0.1) is 5.10 Å². The van der Waals surface area contributed by atoms with Crippen molar-refractivity contribution in [1.82, 2.24) is 10.2 Å². The normalized spacial score (nSPS) is 9.27. The summed E-state index contributed by atoms with van der Waals surface area (Å²) in [5, 5.41) is 7.19. The van der Waals surface area contributed by atoms with Crippen LogP contribution in [0.3, 0.4) is 0 Å². The Labute approximate surface area is 64.2 Å². The Balaban J connectivity index is 3.03. The van der Waals surface area contributed by atoms with Crippen LogP contribution in [-0.4, -0.2) is 23.3 Å². The molecule has 0 aliphatic carbocycles. The number of methoxy groups -OCH3 is 1. The van der Waals surface area contributed by atoms with Gasteiger partial charge in [0.25, 0.3) is 0 Å². The Hall–Kier alpha value is -1.45. The molecule has 1 rings (SSSR count). The molecule has 0 spiro atoms. The van der Waals surface area contributed by atoms with Crippen LogP contribution < -0.4 is 0 Å². The minimum Gasteiger partial charge on any atom is -0.464 e. The average Bonchev–Trinajstić information content (AvgIpc) is 2.04. The van der Waals surface area contributed by atoms with Crippen molar-refractivity contribution in [2.75, 3.05) is 7.11 Å². The maximum absolute atomic E-state index is 10.9. The van der Waals surface area contributed by atoms with E-state index in [2.05, 4.69) is 14.9 Å². The molecule has 0 saturated carbocycles. The fraction of sp³-hybridized carbons (Fsp3) is 0.286. The fourth-order valence-electron chi connectivity index (χ4n) is 0.692. The quantitative estimate of drug-likeness (QED) is 0.552. The molecular formula is C7H8N2O2. The number of aryl methyl sites for hydroxylation is 1. The Morgan fingerprint density at radius 1 is 1.64 bits per heavy atom. The highest BCUT2D eigenvalue weighted by Gasteiger charge is 2.09. The van der Waals surface area contributed by atoms with E-state index in [1.807, 2.05) is 0 Å². The Kier molecular flexibility index (Phi) is 2.15.